The van der Waals surface area contributed by atoms with Crippen molar-refractivity contribution in [2.24, 2.45) is 4.99 Å². The number of pyridine rings is 1. The molecule has 0 spiro atoms. The number of aliphatic imine (C=N–C) groups is 1. The summed E-state index contributed by atoms with van der Waals surface area (Å²) in [6.45, 7) is 2.25. The predicted molar refractivity (Wildman–Crippen MR) is 100 cm³/mol. The van der Waals surface area contributed by atoms with Crippen molar-refractivity contribution in [3.05, 3.63) is 60.3 Å². The molecule has 132 valence electrons. The van der Waals surface area contributed by atoms with Crippen LogP contribution in [0.25, 0.3) is 0 Å². The van der Waals surface area contributed by atoms with Crippen molar-refractivity contribution in [3.8, 4) is 0 Å². The number of carbonyl (C=O) groups is 1. The first-order chi connectivity index (χ1) is 12.8. The highest BCUT2D eigenvalue weighted by atomic mass is 16.2. The Kier molecular flexibility index (Phi) is 3.62. The second-order valence-corrected chi connectivity index (χ2v) is 7.16. The minimum absolute atomic E-state index is 0.0463. The smallest absolute Gasteiger partial charge is 0.325 e. The fourth-order valence-corrected chi connectivity index (χ4v) is 4.31. The maximum atomic E-state index is 13.0. The molecule has 6 heteroatoms. The van der Waals surface area contributed by atoms with E-state index >= 15 is 0 Å². The summed E-state index contributed by atoms with van der Waals surface area (Å²) >= 11 is 0. The van der Waals surface area contributed by atoms with E-state index in [-0.39, 0.29) is 18.1 Å². The molecule has 5 rings (SSSR count). The topological polar surface area (TPSA) is 52.0 Å². The monoisotopic (exact) mass is 347 g/mol. The van der Waals surface area contributed by atoms with Gasteiger partial charge in [-0.25, -0.2) is 9.78 Å². The number of aromatic nitrogens is 1. The highest BCUT2D eigenvalue weighted by Crippen LogP contribution is 2.34. The molecule has 2 saturated heterocycles. The summed E-state index contributed by atoms with van der Waals surface area (Å²) in [5.74, 6) is 1.01. The highest BCUT2D eigenvalue weighted by molar-refractivity contribution is 5.88. The molecular formula is C20H21N5O. The van der Waals surface area contributed by atoms with Crippen molar-refractivity contribution in [2.45, 2.75) is 24.5 Å². The average molecular weight is 347 g/mol. The van der Waals surface area contributed by atoms with Crippen molar-refractivity contribution >= 4 is 18.2 Å². The number of rotatable bonds is 2. The zero-order chi connectivity index (χ0) is 17.5. The van der Waals surface area contributed by atoms with Crippen molar-refractivity contribution < 1.29 is 4.79 Å². The predicted octanol–water partition coefficient (Wildman–Crippen LogP) is 2.55. The van der Waals surface area contributed by atoms with Crippen LogP contribution in [0.3, 0.4) is 0 Å². The summed E-state index contributed by atoms with van der Waals surface area (Å²) in [6, 6.07) is 16.9. The van der Waals surface area contributed by atoms with E-state index in [9.17, 15) is 4.79 Å². The van der Waals surface area contributed by atoms with Crippen LogP contribution < -0.4 is 4.90 Å². The third-order valence-electron chi connectivity index (χ3n) is 5.62. The third-order valence-corrected chi connectivity index (χ3v) is 5.62. The number of hydrogen-bond acceptors (Lipinski definition) is 4. The van der Waals surface area contributed by atoms with Gasteiger partial charge in [0.05, 0.1) is 31.0 Å². The zero-order valence-corrected chi connectivity index (χ0v) is 14.5. The maximum absolute atomic E-state index is 13.0. The Morgan fingerprint density at radius 3 is 2.54 bits per heavy atom. The number of nitrogens with zero attached hydrogens (tertiary/aromatic N) is 5. The lowest BCUT2D eigenvalue weighted by Gasteiger charge is -2.36. The van der Waals surface area contributed by atoms with E-state index in [1.54, 1.807) is 11.2 Å². The fraction of sp³-hybridized carbons (Fsp3) is 0.350. The molecule has 2 aromatic rings. The lowest BCUT2D eigenvalue weighted by atomic mass is 10.1. The standard InChI is InChI=1S/C20H21N5O/c26-20(23-13-18(22-14-23)15-6-2-1-3-7-15)25-12-16-10-17(25)11-24(16)19-8-4-5-9-21-19/h1-9,14,16-18H,10-13H2/t16-,17-,18?/m0/s1. The molecular weight excluding hydrogens is 326 g/mol. The third kappa shape index (κ3) is 2.53. The van der Waals surface area contributed by atoms with E-state index in [1.165, 1.54) is 0 Å². The van der Waals surface area contributed by atoms with Gasteiger partial charge in [-0.05, 0) is 24.1 Å². The molecule has 3 aliphatic rings. The van der Waals surface area contributed by atoms with Gasteiger partial charge < -0.3 is 9.80 Å². The van der Waals surface area contributed by atoms with E-state index in [0.717, 1.165) is 30.9 Å². The number of urea groups is 1. The normalized spacial score (nSPS) is 26.8. The van der Waals surface area contributed by atoms with Crippen molar-refractivity contribution in [1.29, 1.82) is 0 Å². The number of hydrogen-bond donors (Lipinski definition) is 0. The number of anilines is 1. The van der Waals surface area contributed by atoms with Gasteiger partial charge in [0.25, 0.3) is 0 Å². The van der Waals surface area contributed by atoms with E-state index in [1.807, 2.05) is 47.5 Å². The molecule has 0 aliphatic carbocycles. The molecule has 26 heavy (non-hydrogen) atoms. The molecule has 2 fully saturated rings. The summed E-state index contributed by atoms with van der Waals surface area (Å²) in [4.78, 5) is 28.1. The summed E-state index contributed by atoms with van der Waals surface area (Å²) in [5, 5.41) is 0. The van der Waals surface area contributed by atoms with E-state index in [4.69, 9.17) is 0 Å². The van der Waals surface area contributed by atoms with Crippen LogP contribution in [0.15, 0.2) is 59.7 Å². The Morgan fingerprint density at radius 2 is 1.81 bits per heavy atom. The molecule has 2 bridgehead atoms. The van der Waals surface area contributed by atoms with Gasteiger partial charge in [-0.15, -0.1) is 0 Å². The lowest BCUT2D eigenvalue weighted by Crippen LogP contribution is -2.52. The first-order valence-electron chi connectivity index (χ1n) is 9.13. The lowest BCUT2D eigenvalue weighted by molar-refractivity contribution is 0.168. The number of amides is 2. The Bertz CT molecular complexity index is 825. The van der Waals surface area contributed by atoms with E-state index < -0.39 is 0 Å². The number of piperazine rings is 1. The first kappa shape index (κ1) is 15.4. The van der Waals surface area contributed by atoms with Crippen LogP contribution in [0, 0.1) is 0 Å². The van der Waals surface area contributed by atoms with E-state index in [0.29, 0.717) is 12.6 Å². The molecule has 1 aromatic heterocycles. The van der Waals surface area contributed by atoms with Crippen LogP contribution >= 0.6 is 0 Å². The van der Waals surface area contributed by atoms with Crippen LogP contribution in [-0.2, 0) is 0 Å². The maximum Gasteiger partial charge on any atom is 0.325 e. The molecule has 4 heterocycles. The molecule has 3 aliphatic heterocycles. The summed E-state index contributed by atoms with van der Waals surface area (Å²) < 4.78 is 0. The van der Waals surface area contributed by atoms with Gasteiger partial charge in [0.1, 0.15) is 5.82 Å². The van der Waals surface area contributed by atoms with Gasteiger partial charge in [0, 0.05) is 19.3 Å². The van der Waals surface area contributed by atoms with Crippen LogP contribution in [0.2, 0.25) is 0 Å². The van der Waals surface area contributed by atoms with Crippen molar-refractivity contribution in [1.82, 2.24) is 14.8 Å². The molecule has 0 saturated carbocycles. The molecule has 0 N–H and O–H groups in total. The average Bonchev–Trinajstić information content (AvgIpc) is 3.44. The quantitative estimate of drug-likeness (QED) is 0.839. The van der Waals surface area contributed by atoms with Crippen LogP contribution in [0.1, 0.15) is 18.0 Å². The molecule has 1 unspecified atom stereocenters. The Hall–Kier alpha value is -2.89. The Labute approximate surface area is 152 Å². The first-order valence-corrected chi connectivity index (χ1v) is 9.13. The van der Waals surface area contributed by atoms with Crippen molar-refractivity contribution in [3.63, 3.8) is 0 Å². The highest BCUT2D eigenvalue weighted by Gasteiger charge is 2.47. The van der Waals surface area contributed by atoms with Crippen LogP contribution in [0.5, 0.6) is 0 Å². The van der Waals surface area contributed by atoms with Gasteiger partial charge in [-0.1, -0.05) is 36.4 Å². The Balaban J connectivity index is 1.24. The van der Waals surface area contributed by atoms with E-state index in [2.05, 4.69) is 27.0 Å². The number of fused-ring (bicyclic) bond motifs is 2. The molecule has 2 amide bonds. The Morgan fingerprint density at radius 1 is 0.962 bits per heavy atom. The zero-order valence-electron chi connectivity index (χ0n) is 14.5. The largest absolute Gasteiger partial charge is 0.350 e. The van der Waals surface area contributed by atoms with Gasteiger partial charge >= 0.3 is 6.03 Å². The number of benzene rings is 1. The second-order valence-electron chi connectivity index (χ2n) is 7.16. The molecule has 0 radical (unpaired) electrons. The number of likely N-dealkylation sites (tertiary alicyclic amines) is 1. The van der Waals surface area contributed by atoms with Crippen molar-refractivity contribution in [2.75, 3.05) is 24.5 Å². The summed E-state index contributed by atoms with van der Waals surface area (Å²) in [6.07, 6.45) is 4.56. The second kappa shape index (κ2) is 6.12. The summed E-state index contributed by atoms with van der Waals surface area (Å²) in [7, 11) is 0. The minimum Gasteiger partial charge on any atom is -0.350 e. The fourth-order valence-electron chi connectivity index (χ4n) is 4.31. The van der Waals surface area contributed by atoms with Gasteiger partial charge in [-0.3, -0.25) is 9.89 Å². The minimum atomic E-state index is 0.0463. The molecule has 6 nitrogen and oxygen atoms in total. The van der Waals surface area contributed by atoms with Gasteiger partial charge in [0.2, 0.25) is 0 Å². The van der Waals surface area contributed by atoms with Gasteiger partial charge in [0.15, 0.2) is 0 Å². The molecule has 1 aromatic carbocycles. The SMILES string of the molecule is O=C(N1C=NC(c2ccccc2)C1)N1C[C@@H]2C[C@H]1CN2c1ccccn1. The van der Waals surface area contributed by atoms with Crippen LogP contribution in [-0.4, -0.2) is 58.9 Å². The molecule has 3 atom stereocenters. The number of carbonyl (C=O) groups excluding carboxylic acids is 1. The van der Waals surface area contributed by atoms with Gasteiger partial charge in [-0.2, -0.15) is 0 Å². The summed E-state index contributed by atoms with van der Waals surface area (Å²) in [5.41, 5.74) is 1.16. The van der Waals surface area contributed by atoms with Crippen LogP contribution in [0.4, 0.5) is 10.6 Å².